The lowest BCUT2D eigenvalue weighted by Crippen LogP contribution is -2.43. The molecule has 1 aromatic heterocycles. The Morgan fingerprint density at radius 1 is 1.24 bits per heavy atom. The molecule has 1 N–H and O–H groups in total. The summed E-state index contributed by atoms with van der Waals surface area (Å²) in [5.74, 6) is -0.145. The van der Waals surface area contributed by atoms with Gasteiger partial charge in [-0.05, 0) is 31.5 Å². The molecule has 0 radical (unpaired) electrons. The van der Waals surface area contributed by atoms with Crippen LogP contribution < -0.4 is 4.72 Å². The first-order valence-corrected chi connectivity index (χ1v) is 9.90. The van der Waals surface area contributed by atoms with E-state index in [-0.39, 0.29) is 23.4 Å². The highest BCUT2D eigenvalue weighted by Crippen LogP contribution is 2.22. The van der Waals surface area contributed by atoms with Gasteiger partial charge in [0, 0.05) is 36.9 Å². The predicted octanol–water partition coefficient (Wildman–Crippen LogP) is 2.48. The molecule has 0 saturated heterocycles. The Balaban J connectivity index is 1.82. The maximum atomic E-state index is 12.6. The molecule has 6 nitrogen and oxygen atoms in total. The van der Waals surface area contributed by atoms with Crippen molar-refractivity contribution in [1.82, 2.24) is 14.2 Å². The van der Waals surface area contributed by atoms with E-state index < -0.39 is 10.0 Å². The van der Waals surface area contributed by atoms with E-state index in [0.29, 0.717) is 29.4 Å². The summed E-state index contributed by atoms with van der Waals surface area (Å²) >= 11 is 6.06. The molecular formula is C17H20ClN3O3S. The van der Waals surface area contributed by atoms with Crippen molar-refractivity contribution < 1.29 is 13.2 Å². The first kappa shape index (κ1) is 18.0. The van der Waals surface area contributed by atoms with Gasteiger partial charge in [0.05, 0.1) is 0 Å². The molecule has 3 rings (SSSR count). The summed E-state index contributed by atoms with van der Waals surface area (Å²) < 4.78 is 29.4. The molecule has 0 aliphatic carbocycles. The number of carbonyl (C=O) groups excluding carboxylic acids is 1. The monoisotopic (exact) mass is 381 g/mol. The minimum atomic E-state index is -3.73. The summed E-state index contributed by atoms with van der Waals surface area (Å²) in [5, 5.41) is 0.504. The molecule has 0 atom stereocenters. The van der Waals surface area contributed by atoms with Crippen molar-refractivity contribution in [3.63, 3.8) is 0 Å². The molecule has 8 heteroatoms. The fourth-order valence-electron chi connectivity index (χ4n) is 2.85. The zero-order valence-corrected chi connectivity index (χ0v) is 15.6. The summed E-state index contributed by atoms with van der Waals surface area (Å²) in [7, 11) is -3.73. The fraction of sp³-hybridized carbons (Fsp3) is 0.353. The molecule has 1 aliphatic heterocycles. The lowest BCUT2D eigenvalue weighted by molar-refractivity contribution is 0.0649. The van der Waals surface area contributed by atoms with Gasteiger partial charge in [0.2, 0.25) is 10.0 Å². The highest BCUT2D eigenvalue weighted by atomic mass is 35.5. The van der Waals surface area contributed by atoms with Crippen molar-refractivity contribution in [3.05, 3.63) is 52.8 Å². The van der Waals surface area contributed by atoms with Crippen molar-refractivity contribution in [2.24, 2.45) is 0 Å². The van der Waals surface area contributed by atoms with Crippen LogP contribution in [-0.2, 0) is 23.1 Å². The third-order valence-corrected chi connectivity index (χ3v) is 6.01. The maximum absolute atomic E-state index is 12.6. The van der Waals surface area contributed by atoms with Crippen LogP contribution in [0.1, 0.15) is 29.9 Å². The lowest BCUT2D eigenvalue weighted by atomic mass is 10.2. The van der Waals surface area contributed by atoms with E-state index in [0.717, 1.165) is 0 Å². The maximum Gasteiger partial charge on any atom is 0.270 e. The van der Waals surface area contributed by atoms with Gasteiger partial charge in [0.1, 0.15) is 10.6 Å². The molecule has 134 valence electrons. The van der Waals surface area contributed by atoms with Crippen molar-refractivity contribution in [2.75, 3.05) is 6.54 Å². The van der Waals surface area contributed by atoms with E-state index in [9.17, 15) is 13.2 Å². The second-order valence-corrected chi connectivity index (χ2v) is 8.44. The van der Waals surface area contributed by atoms with Gasteiger partial charge < -0.3 is 9.47 Å². The van der Waals surface area contributed by atoms with Crippen LogP contribution in [0, 0.1) is 0 Å². The molecule has 0 unspecified atom stereocenters. The van der Waals surface area contributed by atoms with Crippen molar-refractivity contribution in [3.8, 4) is 0 Å². The average molecular weight is 382 g/mol. The summed E-state index contributed by atoms with van der Waals surface area (Å²) in [4.78, 5) is 14.3. The normalized spacial score (nSPS) is 14.9. The Bertz CT molecular complexity index is 906. The number of benzene rings is 1. The number of nitrogens with one attached hydrogen (secondary N) is 1. The van der Waals surface area contributed by atoms with Crippen LogP contribution in [0.4, 0.5) is 0 Å². The number of aromatic nitrogens is 1. The van der Waals surface area contributed by atoms with Gasteiger partial charge in [-0.2, -0.15) is 0 Å². The second-order valence-electron chi connectivity index (χ2n) is 6.26. The highest BCUT2D eigenvalue weighted by Gasteiger charge is 2.29. The standard InChI is InChI=1S/C17H20ClN3O3S/c1-12(2)21-8-7-20-11-14(9-16(20)17(21)22)25(23,24)19-10-13-5-3-4-6-15(13)18/h3-6,9,11-12,19H,7-8,10H2,1-2H3. The van der Waals surface area contributed by atoms with Gasteiger partial charge in [0.15, 0.2) is 0 Å². The van der Waals surface area contributed by atoms with Gasteiger partial charge in [-0.3, -0.25) is 4.79 Å². The van der Waals surface area contributed by atoms with E-state index in [1.165, 1.54) is 12.3 Å². The number of rotatable bonds is 5. The van der Waals surface area contributed by atoms with Crippen molar-refractivity contribution in [2.45, 2.75) is 37.9 Å². The van der Waals surface area contributed by atoms with Crippen LogP contribution in [0.15, 0.2) is 41.4 Å². The van der Waals surface area contributed by atoms with Crippen LogP contribution in [0.3, 0.4) is 0 Å². The number of nitrogens with zero attached hydrogens (tertiary/aromatic N) is 2. The van der Waals surface area contributed by atoms with E-state index in [4.69, 9.17) is 11.6 Å². The van der Waals surface area contributed by atoms with Gasteiger partial charge >= 0.3 is 0 Å². The Kier molecular flexibility index (Phi) is 4.90. The number of halogens is 1. The largest absolute Gasteiger partial charge is 0.340 e. The van der Waals surface area contributed by atoms with Gasteiger partial charge in [-0.1, -0.05) is 29.8 Å². The first-order valence-electron chi connectivity index (χ1n) is 8.04. The molecule has 25 heavy (non-hydrogen) atoms. The number of hydrogen-bond acceptors (Lipinski definition) is 3. The number of amides is 1. The molecule has 0 bridgehead atoms. The summed E-state index contributed by atoms with van der Waals surface area (Å²) in [6.07, 6.45) is 1.51. The minimum absolute atomic E-state index is 0.0783. The fourth-order valence-corrected chi connectivity index (χ4v) is 4.10. The Labute approximate surface area is 152 Å². The zero-order valence-electron chi connectivity index (χ0n) is 14.1. The van der Waals surface area contributed by atoms with E-state index in [1.807, 2.05) is 13.8 Å². The summed E-state index contributed by atoms with van der Waals surface area (Å²) in [6, 6.07) is 8.57. The second kappa shape index (κ2) is 6.82. The van der Waals surface area contributed by atoms with Gasteiger partial charge in [-0.15, -0.1) is 0 Å². The Morgan fingerprint density at radius 2 is 1.96 bits per heavy atom. The van der Waals surface area contributed by atoms with Crippen LogP contribution in [0.2, 0.25) is 5.02 Å². The average Bonchev–Trinajstić information content (AvgIpc) is 3.00. The number of sulfonamides is 1. The third kappa shape index (κ3) is 3.58. The number of hydrogen-bond donors (Lipinski definition) is 1. The summed E-state index contributed by atoms with van der Waals surface area (Å²) in [6.45, 7) is 5.14. The summed E-state index contributed by atoms with van der Waals surface area (Å²) in [5.41, 5.74) is 1.09. The minimum Gasteiger partial charge on any atom is -0.340 e. The van der Waals surface area contributed by atoms with Gasteiger partial charge in [-0.25, -0.2) is 13.1 Å². The Hall–Kier alpha value is -1.83. The topological polar surface area (TPSA) is 71.4 Å². The van der Waals surface area contributed by atoms with Crippen LogP contribution in [0.5, 0.6) is 0 Å². The number of fused-ring (bicyclic) bond motifs is 1. The van der Waals surface area contributed by atoms with E-state index in [2.05, 4.69) is 4.72 Å². The van der Waals surface area contributed by atoms with Crippen molar-refractivity contribution >= 4 is 27.5 Å². The molecule has 0 spiro atoms. The molecule has 2 heterocycles. The third-order valence-electron chi connectivity index (χ3n) is 4.28. The molecule has 1 aliphatic rings. The molecule has 1 aromatic carbocycles. The quantitative estimate of drug-likeness (QED) is 0.864. The Morgan fingerprint density at radius 3 is 2.64 bits per heavy atom. The van der Waals surface area contributed by atoms with E-state index in [1.54, 1.807) is 33.7 Å². The zero-order chi connectivity index (χ0) is 18.2. The van der Waals surface area contributed by atoms with E-state index >= 15 is 0 Å². The molecule has 0 saturated carbocycles. The SMILES string of the molecule is CC(C)N1CCn2cc(S(=O)(=O)NCc3ccccc3Cl)cc2C1=O. The predicted molar refractivity (Wildman–Crippen MR) is 96.1 cm³/mol. The van der Waals surface area contributed by atoms with Crippen LogP contribution in [0.25, 0.3) is 0 Å². The molecule has 2 aromatic rings. The van der Waals surface area contributed by atoms with Crippen molar-refractivity contribution in [1.29, 1.82) is 0 Å². The highest BCUT2D eigenvalue weighted by molar-refractivity contribution is 7.89. The van der Waals surface area contributed by atoms with Gasteiger partial charge in [0.25, 0.3) is 5.91 Å². The van der Waals surface area contributed by atoms with Crippen LogP contribution in [-0.4, -0.2) is 36.4 Å². The first-order chi connectivity index (χ1) is 11.8. The number of carbonyl (C=O) groups is 1. The molecule has 0 fully saturated rings. The molecule has 1 amide bonds. The smallest absolute Gasteiger partial charge is 0.270 e. The molecular weight excluding hydrogens is 362 g/mol. The van der Waals surface area contributed by atoms with Crippen LogP contribution >= 0.6 is 11.6 Å². The lowest BCUT2D eigenvalue weighted by Gasteiger charge is -2.31.